The molecule has 0 spiro atoms. The molecule has 1 aromatic carbocycles. The molecule has 92 valence electrons. The van der Waals surface area contributed by atoms with Gasteiger partial charge in [-0.1, -0.05) is 0 Å². The van der Waals surface area contributed by atoms with Gasteiger partial charge in [0.2, 0.25) is 0 Å². The molecule has 0 radical (unpaired) electrons. The van der Waals surface area contributed by atoms with Crippen LogP contribution in [0.15, 0.2) is 12.1 Å². The second-order valence-corrected chi connectivity index (χ2v) is 3.55. The first-order valence-corrected chi connectivity index (χ1v) is 4.97. The number of carboxylic acid groups (broad SMARTS) is 1. The van der Waals surface area contributed by atoms with Gasteiger partial charge >= 0.3 is 5.97 Å². The van der Waals surface area contributed by atoms with Crippen LogP contribution in [0, 0.1) is 0 Å². The van der Waals surface area contributed by atoms with E-state index in [1.807, 2.05) is 0 Å². The van der Waals surface area contributed by atoms with Gasteiger partial charge in [-0.25, -0.2) is 4.79 Å². The lowest BCUT2D eigenvalue weighted by Gasteiger charge is -2.11. The van der Waals surface area contributed by atoms with Crippen molar-refractivity contribution in [1.29, 1.82) is 0 Å². The summed E-state index contributed by atoms with van der Waals surface area (Å²) < 4.78 is 10.1. The number of carbonyl (C=O) groups excluding carboxylic acids is 1. The molecule has 0 atom stereocenters. The third-order valence-electron chi connectivity index (χ3n) is 2.28. The minimum atomic E-state index is -1.10. The Balaban J connectivity index is 3.34. The van der Waals surface area contributed by atoms with E-state index in [9.17, 15) is 9.59 Å². The van der Waals surface area contributed by atoms with Crippen LogP contribution in [-0.2, 0) is 11.2 Å². The molecule has 0 amide bonds. The zero-order valence-corrected chi connectivity index (χ0v) is 9.94. The maximum absolute atomic E-state index is 11.1. The summed E-state index contributed by atoms with van der Waals surface area (Å²) in [5.41, 5.74) is 0.473. The molecule has 0 aliphatic heterocycles. The number of aromatic carboxylic acids is 1. The Labute approximate surface area is 99.0 Å². The first kappa shape index (κ1) is 13.0. The first-order valence-electron chi connectivity index (χ1n) is 4.97. The fourth-order valence-corrected chi connectivity index (χ4v) is 1.53. The smallest absolute Gasteiger partial charge is 0.336 e. The van der Waals surface area contributed by atoms with Crippen LogP contribution in [0.1, 0.15) is 22.8 Å². The largest absolute Gasteiger partial charge is 0.493 e. The molecule has 0 unspecified atom stereocenters. The number of hydrogen-bond donors (Lipinski definition) is 1. The highest BCUT2D eigenvalue weighted by Gasteiger charge is 2.16. The SMILES string of the molecule is COc1cc(CC(C)=O)c(C(=O)O)cc1OC. The maximum Gasteiger partial charge on any atom is 0.336 e. The van der Waals surface area contributed by atoms with Crippen LogP contribution in [0.3, 0.4) is 0 Å². The van der Waals surface area contributed by atoms with Crippen molar-refractivity contribution in [2.45, 2.75) is 13.3 Å². The molecule has 0 fully saturated rings. The molecule has 1 N–H and O–H groups in total. The quantitative estimate of drug-likeness (QED) is 0.842. The van der Waals surface area contributed by atoms with Crippen LogP contribution in [0.2, 0.25) is 0 Å². The van der Waals surface area contributed by atoms with Crippen molar-refractivity contribution < 1.29 is 24.2 Å². The number of carbonyl (C=O) groups is 2. The second kappa shape index (κ2) is 5.34. The Hall–Kier alpha value is -2.04. The van der Waals surface area contributed by atoms with Gasteiger partial charge in [-0.15, -0.1) is 0 Å². The monoisotopic (exact) mass is 238 g/mol. The minimum absolute atomic E-state index is 0.0536. The van der Waals surface area contributed by atoms with E-state index in [2.05, 4.69) is 0 Å². The van der Waals surface area contributed by atoms with Crippen LogP contribution in [0.5, 0.6) is 11.5 Å². The minimum Gasteiger partial charge on any atom is -0.493 e. The predicted molar refractivity (Wildman–Crippen MR) is 60.9 cm³/mol. The summed E-state index contributed by atoms with van der Waals surface area (Å²) in [5, 5.41) is 9.05. The fraction of sp³-hybridized carbons (Fsp3) is 0.333. The second-order valence-electron chi connectivity index (χ2n) is 3.55. The molecule has 0 aromatic heterocycles. The molecular weight excluding hydrogens is 224 g/mol. The summed E-state index contributed by atoms with van der Waals surface area (Å²) in [6.45, 7) is 1.41. The van der Waals surface area contributed by atoms with Crippen molar-refractivity contribution in [2.24, 2.45) is 0 Å². The van der Waals surface area contributed by atoms with Gasteiger partial charge in [-0.05, 0) is 24.6 Å². The molecule has 0 bridgehead atoms. The lowest BCUT2D eigenvalue weighted by Crippen LogP contribution is -2.07. The predicted octanol–water partition coefficient (Wildman–Crippen LogP) is 1.53. The van der Waals surface area contributed by atoms with Gasteiger partial charge in [0.15, 0.2) is 11.5 Å². The van der Waals surface area contributed by atoms with Gasteiger partial charge in [-0.3, -0.25) is 4.79 Å². The van der Waals surface area contributed by atoms with Gasteiger partial charge in [-0.2, -0.15) is 0 Å². The molecule has 1 rings (SSSR count). The Kier molecular flexibility index (Phi) is 4.09. The van der Waals surface area contributed by atoms with Crippen LogP contribution < -0.4 is 9.47 Å². The normalized spacial score (nSPS) is 9.82. The maximum atomic E-state index is 11.1. The molecule has 5 heteroatoms. The van der Waals surface area contributed by atoms with Crippen LogP contribution >= 0.6 is 0 Å². The lowest BCUT2D eigenvalue weighted by molar-refractivity contribution is -0.116. The number of carboxylic acids is 1. The molecule has 0 heterocycles. The highest BCUT2D eigenvalue weighted by Crippen LogP contribution is 2.30. The zero-order valence-electron chi connectivity index (χ0n) is 9.94. The van der Waals surface area contributed by atoms with E-state index in [4.69, 9.17) is 14.6 Å². The van der Waals surface area contributed by atoms with Gasteiger partial charge in [0, 0.05) is 6.42 Å². The number of methoxy groups -OCH3 is 2. The van der Waals surface area contributed by atoms with Crippen molar-refractivity contribution in [2.75, 3.05) is 14.2 Å². The van der Waals surface area contributed by atoms with E-state index < -0.39 is 5.97 Å². The van der Waals surface area contributed by atoms with E-state index in [1.54, 1.807) is 0 Å². The van der Waals surface area contributed by atoms with Gasteiger partial charge in [0.25, 0.3) is 0 Å². The van der Waals surface area contributed by atoms with E-state index in [1.165, 1.54) is 33.3 Å². The number of ether oxygens (including phenoxy) is 2. The number of benzene rings is 1. The Morgan fingerprint density at radius 2 is 1.71 bits per heavy atom. The summed E-state index contributed by atoms with van der Waals surface area (Å²) in [4.78, 5) is 22.1. The average Bonchev–Trinajstić information content (AvgIpc) is 2.27. The molecule has 17 heavy (non-hydrogen) atoms. The third-order valence-corrected chi connectivity index (χ3v) is 2.28. The topological polar surface area (TPSA) is 72.8 Å². The van der Waals surface area contributed by atoms with Crippen molar-refractivity contribution in [3.63, 3.8) is 0 Å². The molecule has 0 aliphatic carbocycles. The van der Waals surface area contributed by atoms with Gasteiger partial charge < -0.3 is 14.6 Å². The van der Waals surface area contributed by atoms with Gasteiger partial charge in [0.05, 0.1) is 19.8 Å². The molecule has 5 nitrogen and oxygen atoms in total. The van der Waals surface area contributed by atoms with Crippen LogP contribution in [-0.4, -0.2) is 31.1 Å². The third kappa shape index (κ3) is 2.96. The molecule has 0 saturated carbocycles. The number of ketones is 1. The van der Waals surface area contributed by atoms with E-state index in [-0.39, 0.29) is 17.8 Å². The van der Waals surface area contributed by atoms with E-state index >= 15 is 0 Å². The van der Waals surface area contributed by atoms with Crippen molar-refractivity contribution in [3.05, 3.63) is 23.3 Å². The lowest BCUT2D eigenvalue weighted by atomic mass is 10.0. The van der Waals surface area contributed by atoms with Crippen molar-refractivity contribution in [1.82, 2.24) is 0 Å². The molecular formula is C12H14O5. The standard InChI is InChI=1S/C12H14O5/c1-7(13)4-8-5-10(16-2)11(17-3)6-9(8)12(14)15/h5-6H,4H2,1-3H3,(H,14,15). The Bertz CT molecular complexity index is 450. The molecule has 0 saturated heterocycles. The van der Waals surface area contributed by atoms with Crippen molar-refractivity contribution >= 4 is 11.8 Å². The van der Waals surface area contributed by atoms with E-state index in [0.717, 1.165) is 0 Å². The van der Waals surface area contributed by atoms with Crippen LogP contribution in [0.4, 0.5) is 0 Å². The zero-order chi connectivity index (χ0) is 13.0. The number of hydrogen-bond acceptors (Lipinski definition) is 4. The summed E-state index contributed by atoms with van der Waals surface area (Å²) >= 11 is 0. The Morgan fingerprint density at radius 3 is 2.12 bits per heavy atom. The summed E-state index contributed by atoms with van der Waals surface area (Å²) in [6.07, 6.45) is 0.0575. The van der Waals surface area contributed by atoms with Crippen LogP contribution in [0.25, 0.3) is 0 Å². The highest BCUT2D eigenvalue weighted by atomic mass is 16.5. The molecule has 0 aliphatic rings. The number of Topliss-reactive ketones (excluding diaryl/α,β-unsaturated/α-hetero) is 1. The molecule has 1 aromatic rings. The first-order chi connectivity index (χ1) is 7.99. The average molecular weight is 238 g/mol. The summed E-state index contributed by atoms with van der Waals surface area (Å²) in [6, 6.07) is 2.88. The Morgan fingerprint density at radius 1 is 1.18 bits per heavy atom. The van der Waals surface area contributed by atoms with E-state index in [0.29, 0.717) is 17.1 Å². The van der Waals surface area contributed by atoms with Gasteiger partial charge in [0.1, 0.15) is 5.78 Å². The van der Waals surface area contributed by atoms with Crippen molar-refractivity contribution in [3.8, 4) is 11.5 Å². The fourth-order valence-electron chi connectivity index (χ4n) is 1.53. The number of rotatable bonds is 5. The summed E-state index contributed by atoms with van der Waals surface area (Å²) in [7, 11) is 2.88. The summed E-state index contributed by atoms with van der Waals surface area (Å²) in [5.74, 6) is -0.465. The highest BCUT2D eigenvalue weighted by molar-refractivity contribution is 5.92.